The van der Waals surface area contributed by atoms with Crippen molar-refractivity contribution in [2.24, 2.45) is 0 Å². The summed E-state index contributed by atoms with van der Waals surface area (Å²) in [6.07, 6.45) is -0.875. The molecule has 1 atom stereocenters. The average Bonchev–Trinajstić information content (AvgIpc) is 2.86. The van der Waals surface area contributed by atoms with Crippen molar-refractivity contribution in [2.45, 2.75) is 13.0 Å². The Morgan fingerprint density at radius 3 is 2.04 bits per heavy atom. The lowest BCUT2D eigenvalue weighted by atomic mass is 10.1. The molecule has 24 heavy (non-hydrogen) atoms. The fourth-order valence-electron chi connectivity index (χ4n) is 2.77. The molecule has 122 valence electrons. The number of ether oxygens (including phenoxy) is 1. The highest BCUT2D eigenvalue weighted by atomic mass is 16.5. The molecule has 0 spiro atoms. The molecule has 0 radical (unpaired) electrons. The molecule has 0 saturated heterocycles. The Balaban J connectivity index is 1.84. The smallest absolute Gasteiger partial charge is 0.261 e. The van der Waals surface area contributed by atoms with Gasteiger partial charge in [-0.2, -0.15) is 0 Å². The van der Waals surface area contributed by atoms with Crippen molar-refractivity contribution < 1.29 is 19.1 Å². The van der Waals surface area contributed by atoms with Crippen LogP contribution in [-0.2, 0) is 4.74 Å². The van der Waals surface area contributed by atoms with E-state index in [0.29, 0.717) is 23.3 Å². The third-order valence-electron chi connectivity index (χ3n) is 3.95. The number of carbonyl (C=O) groups excluding carboxylic acids is 3. The molecule has 2 amide bonds. The van der Waals surface area contributed by atoms with Crippen molar-refractivity contribution in [1.29, 1.82) is 0 Å². The van der Waals surface area contributed by atoms with Crippen LogP contribution < -0.4 is 0 Å². The van der Waals surface area contributed by atoms with E-state index >= 15 is 0 Å². The van der Waals surface area contributed by atoms with Gasteiger partial charge in [-0.3, -0.25) is 19.3 Å². The molecule has 5 nitrogen and oxygen atoms in total. The summed E-state index contributed by atoms with van der Waals surface area (Å²) in [6, 6.07) is 15.4. The molecule has 2 aromatic rings. The summed E-state index contributed by atoms with van der Waals surface area (Å²) in [6.45, 7) is 1.99. The van der Waals surface area contributed by atoms with Crippen LogP contribution in [0.15, 0.2) is 54.6 Å². The Bertz CT molecular complexity index is 750. The molecule has 0 aliphatic carbocycles. The number of ketones is 1. The van der Waals surface area contributed by atoms with Gasteiger partial charge in [0.25, 0.3) is 11.8 Å². The van der Waals surface area contributed by atoms with E-state index in [0.717, 1.165) is 4.90 Å². The fourth-order valence-corrected chi connectivity index (χ4v) is 2.77. The van der Waals surface area contributed by atoms with Crippen molar-refractivity contribution >= 4 is 17.6 Å². The van der Waals surface area contributed by atoms with Crippen LogP contribution in [0.1, 0.15) is 38.0 Å². The molecule has 1 unspecified atom stereocenters. The maximum Gasteiger partial charge on any atom is 0.261 e. The average molecular weight is 323 g/mol. The molecule has 3 rings (SSSR count). The Hall–Kier alpha value is -2.79. The maximum absolute atomic E-state index is 12.6. The third kappa shape index (κ3) is 2.86. The summed E-state index contributed by atoms with van der Waals surface area (Å²) in [5.74, 6) is -1.02. The highest BCUT2D eigenvalue weighted by molar-refractivity contribution is 6.21. The lowest BCUT2D eigenvalue weighted by Gasteiger charge is -2.21. The first-order valence-electron chi connectivity index (χ1n) is 7.79. The molecule has 1 heterocycles. The molecule has 5 heteroatoms. The number of nitrogens with zero attached hydrogens (tertiary/aromatic N) is 1. The fraction of sp³-hybridized carbons (Fsp3) is 0.211. The van der Waals surface area contributed by atoms with Gasteiger partial charge in [0.15, 0.2) is 5.78 Å². The second-order valence-corrected chi connectivity index (χ2v) is 5.44. The van der Waals surface area contributed by atoms with E-state index in [1.54, 1.807) is 55.5 Å². The van der Waals surface area contributed by atoms with Gasteiger partial charge in [-0.25, -0.2) is 0 Å². The number of amides is 2. The number of hydrogen-bond acceptors (Lipinski definition) is 4. The van der Waals surface area contributed by atoms with Gasteiger partial charge in [0.2, 0.25) is 0 Å². The summed E-state index contributed by atoms with van der Waals surface area (Å²) < 4.78 is 5.52. The number of rotatable bonds is 6. The Kier molecular flexibility index (Phi) is 4.53. The lowest BCUT2D eigenvalue weighted by Crippen LogP contribution is -2.41. The highest BCUT2D eigenvalue weighted by Crippen LogP contribution is 2.23. The predicted molar refractivity (Wildman–Crippen MR) is 88.0 cm³/mol. The van der Waals surface area contributed by atoms with Crippen molar-refractivity contribution in [3.05, 3.63) is 71.3 Å². The minimum absolute atomic E-state index is 0.0894. The first kappa shape index (κ1) is 16.1. The molecule has 0 bridgehead atoms. The van der Waals surface area contributed by atoms with Gasteiger partial charge in [-0.15, -0.1) is 0 Å². The standard InChI is InChI=1S/C19H17NO4/c1-2-24-16(17(21)13-8-4-3-5-9-13)12-20-18(22)14-10-6-7-11-15(14)19(20)23/h3-11,16H,2,12H2,1H3. The lowest BCUT2D eigenvalue weighted by molar-refractivity contribution is 0.0284. The van der Waals surface area contributed by atoms with E-state index in [4.69, 9.17) is 4.74 Å². The Morgan fingerprint density at radius 1 is 0.958 bits per heavy atom. The van der Waals surface area contributed by atoms with Crippen LogP contribution in [0.3, 0.4) is 0 Å². The number of fused-ring (bicyclic) bond motifs is 1. The second-order valence-electron chi connectivity index (χ2n) is 5.44. The molecular formula is C19H17NO4. The van der Waals surface area contributed by atoms with Gasteiger partial charge in [-0.05, 0) is 19.1 Å². The van der Waals surface area contributed by atoms with Crippen LogP contribution in [0.5, 0.6) is 0 Å². The number of benzene rings is 2. The van der Waals surface area contributed by atoms with Gasteiger partial charge in [0.05, 0.1) is 17.7 Å². The summed E-state index contributed by atoms with van der Waals surface area (Å²) in [7, 11) is 0. The topological polar surface area (TPSA) is 63.7 Å². The molecule has 0 aromatic heterocycles. The van der Waals surface area contributed by atoms with Gasteiger partial charge in [0, 0.05) is 12.2 Å². The van der Waals surface area contributed by atoms with Crippen molar-refractivity contribution in [1.82, 2.24) is 4.90 Å². The number of Topliss-reactive ketones (excluding diaryl/α,β-unsaturated/α-hetero) is 1. The molecule has 0 N–H and O–H groups in total. The van der Waals surface area contributed by atoms with Crippen LogP contribution in [0.4, 0.5) is 0 Å². The molecule has 0 fully saturated rings. The number of carbonyl (C=O) groups is 3. The summed E-state index contributed by atoms with van der Waals surface area (Å²) in [5.41, 5.74) is 1.22. The molecule has 1 aliphatic heterocycles. The van der Waals surface area contributed by atoms with E-state index in [1.165, 1.54) is 0 Å². The van der Waals surface area contributed by atoms with Crippen LogP contribution in [0.25, 0.3) is 0 Å². The Morgan fingerprint density at radius 2 is 1.50 bits per heavy atom. The largest absolute Gasteiger partial charge is 0.368 e. The molecule has 2 aromatic carbocycles. The summed E-state index contributed by atoms with van der Waals surface area (Å²) >= 11 is 0. The quantitative estimate of drug-likeness (QED) is 0.605. The molecule has 1 aliphatic rings. The summed E-state index contributed by atoms with van der Waals surface area (Å²) in [5, 5.41) is 0. The van der Waals surface area contributed by atoms with E-state index in [1.807, 2.05) is 6.07 Å². The minimum Gasteiger partial charge on any atom is -0.368 e. The van der Waals surface area contributed by atoms with Gasteiger partial charge in [0.1, 0.15) is 6.10 Å². The summed E-state index contributed by atoms with van der Waals surface area (Å²) in [4.78, 5) is 38.6. The van der Waals surface area contributed by atoms with Crippen molar-refractivity contribution in [2.75, 3.05) is 13.2 Å². The van der Waals surface area contributed by atoms with E-state index in [9.17, 15) is 14.4 Å². The van der Waals surface area contributed by atoms with Gasteiger partial charge >= 0.3 is 0 Å². The molecular weight excluding hydrogens is 306 g/mol. The molecule has 0 saturated carbocycles. The van der Waals surface area contributed by atoms with Crippen LogP contribution in [0.2, 0.25) is 0 Å². The number of hydrogen-bond donors (Lipinski definition) is 0. The maximum atomic E-state index is 12.6. The zero-order valence-electron chi connectivity index (χ0n) is 13.3. The van der Waals surface area contributed by atoms with Gasteiger partial charge < -0.3 is 4.74 Å². The zero-order valence-corrected chi connectivity index (χ0v) is 13.3. The van der Waals surface area contributed by atoms with E-state index in [-0.39, 0.29) is 24.1 Å². The highest BCUT2D eigenvalue weighted by Gasteiger charge is 2.38. The van der Waals surface area contributed by atoms with E-state index in [2.05, 4.69) is 0 Å². The van der Waals surface area contributed by atoms with Crippen molar-refractivity contribution in [3.8, 4) is 0 Å². The monoisotopic (exact) mass is 323 g/mol. The normalized spacial score (nSPS) is 14.6. The van der Waals surface area contributed by atoms with Gasteiger partial charge in [-0.1, -0.05) is 42.5 Å². The first-order valence-corrected chi connectivity index (χ1v) is 7.79. The van der Waals surface area contributed by atoms with Crippen LogP contribution in [-0.4, -0.2) is 41.8 Å². The van der Waals surface area contributed by atoms with Crippen LogP contribution >= 0.6 is 0 Å². The van der Waals surface area contributed by atoms with Crippen LogP contribution in [0, 0.1) is 0 Å². The second kappa shape index (κ2) is 6.76. The SMILES string of the molecule is CCOC(CN1C(=O)c2ccccc2C1=O)C(=O)c1ccccc1. The first-order chi connectivity index (χ1) is 11.6. The minimum atomic E-state index is -0.875. The van der Waals surface area contributed by atoms with Crippen molar-refractivity contribution in [3.63, 3.8) is 0 Å². The zero-order chi connectivity index (χ0) is 17.1. The van der Waals surface area contributed by atoms with E-state index < -0.39 is 6.10 Å². The predicted octanol–water partition coefficient (Wildman–Crippen LogP) is 2.57. The third-order valence-corrected chi connectivity index (χ3v) is 3.95. The number of imide groups is 1. The Labute approximate surface area is 139 Å².